The summed E-state index contributed by atoms with van der Waals surface area (Å²) in [5, 5.41) is 9.44. The molecule has 0 saturated carbocycles. The molecule has 2 rings (SSSR count). The van der Waals surface area contributed by atoms with Crippen molar-refractivity contribution in [3.8, 4) is 17.6 Å². The maximum Gasteiger partial charge on any atom is 0.123 e. The SMILES string of the molecule is CCOc1ccc(CC(C#N)c2cc(F)ccc2OC)cc1. The van der Waals surface area contributed by atoms with Crippen LogP contribution in [0.2, 0.25) is 0 Å². The van der Waals surface area contributed by atoms with Crippen molar-refractivity contribution in [3.63, 3.8) is 0 Å². The fraction of sp³-hybridized carbons (Fsp3) is 0.278. The van der Waals surface area contributed by atoms with Crippen LogP contribution in [0.1, 0.15) is 24.0 Å². The van der Waals surface area contributed by atoms with Crippen LogP contribution in [0.15, 0.2) is 42.5 Å². The first-order valence-corrected chi connectivity index (χ1v) is 7.12. The highest BCUT2D eigenvalue weighted by Crippen LogP contribution is 2.30. The number of methoxy groups -OCH3 is 1. The molecule has 22 heavy (non-hydrogen) atoms. The summed E-state index contributed by atoms with van der Waals surface area (Å²) in [6.07, 6.45) is 0.489. The van der Waals surface area contributed by atoms with Gasteiger partial charge in [-0.2, -0.15) is 5.26 Å². The van der Waals surface area contributed by atoms with E-state index in [1.54, 1.807) is 6.07 Å². The van der Waals surface area contributed by atoms with Gasteiger partial charge < -0.3 is 9.47 Å². The number of nitriles is 1. The molecule has 1 atom stereocenters. The third-order valence-corrected chi connectivity index (χ3v) is 3.40. The summed E-state index contributed by atoms with van der Waals surface area (Å²) in [5.41, 5.74) is 1.56. The number of hydrogen-bond acceptors (Lipinski definition) is 3. The number of nitrogens with zero attached hydrogens (tertiary/aromatic N) is 1. The Bertz CT molecular complexity index is 662. The molecule has 0 aliphatic heterocycles. The van der Waals surface area contributed by atoms with E-state index < -0.39 is 5.92 Å². The van der Waals surface area contributed by atoms with E-state index in [4.69, 9.17) is 9.47 Å². The Hall–Kier alpha value is -2.54. The van der Waals surface area contributed by atoms with Crippen LogP contribution in [0.4, 0.5) is 4.39 Å². The Morgan fingerprint density at radius 2 is 1.91 bits per heavy atom. The lowest BCUT2D eigenvalue weighted by Crippen LogP contribution is -2.04. The molecule has 0 aromatic heterocycles. The van der Waals surface area contributed by atoms with Gasteiger partial charge in [0.1, 0.15) is 17.3 Å². The molecule has 0 saturated heterocycles. The van der Waals surface area contributed by atoms with E-state index >= 15 is 0 Å². The number of benzene rings is 2. The Balaban J connectivity index is 2.22. The minimum atomic E-state index is -0.469. The van der Waals surface area contributed by atoms with E-state index in [-0.39, 0.29) is 5.82 Å². The zero-order valence-electron chi connectivity index (χ0n) is 12.7. The molecular formula is C18H18FNO2. The summed E-state index contributed by atoms with van der Waals surface area (Å²) in [5.74, 6) is 0.480. The van der Waals surface area contributed by atoms with Crippen molar-refractivity contribution in [2.75, 3.05) is 13.7 Å². The quantitative estimate of drug-likeness (QED) is 0.807. The summed E-state index contributed by atoms with van der Waals surface area (Å²) in [6.45, 7) is 2.54. The Morgan fingerprint density at radius 3 is 2.50 bits per heavy atom. The highest BCUT2D eigenvalue weighted by atomic mass is 19.1. The molecule has 0 spiro atoms. The fourth-order valence-electron chi connectivity index (χ4n) is 2.33. The fourth-order valence-corrected chi connectivity index (χ4v) is 2.33. The summed E-state index contributed by atoms with van der Waals surface area (Å²) < 4.78 is 24.1. The second-order valence-corrected chi connectivity index (χ2v) is 4.85. The largest absolute Gasteiger partial charge is 0.496 e. The van der Waals surface area contributed by atoms with Crippen molar-refractivity contribution in [2.24, 2.45) is 0 Å². The number of hydrogen-bond donors (Lipinski definition) is 0. The van der Waals surface area contributed by atoms with Gasteiger partial charge in [0.15, 0.2) is 0 Å². The van der Waals surface area contributed by atoms with E-state index in [1.165, 1.54) is 19.2 Å². The topological polar surface area (TPSA) is 42.2 Å². The summed E-state index contributed by atoms with van der Waals surface area (Å²) in [6, 6.07) is 14.0. The molecule has 0 fully saturated rings. The highest BCUT2D eigenvalue weighted by molar-refractivity contribution is 5.41. The first-order chi connectivity index (χ1) is 10.7. The van der Waals surface area contributed by atoms with Gasteiger partial charge in [-0.1, -0.05) is 12.1 Å². The first-order valence-electron chi connectivity index (χ1n) is 7.12. The minimum absolute atomic E-state index is 0.372. The summed E-state index contributed by atoms with van der Waals surface area (Å²) in [7, 11) is 1.52. The lowest BCUT2D eigenvalue weighted by Gasteiger charge is -2.14. The van der Waals surface area contributed by atoms with Crippen molar-refractivity contribution in [1.29, 1.82) is 5.26 Å². The number of rotatable bonds is 6. The smallest absolute Gasteiger partial charge is 0.123 e. The Labute approximate surface area is 129 Å². The molecule has 2 aromatic carbocycles. The van der Waals surface area contributed by atoms with Crippen molar-refractivity contribution < 1.29 is 13.9 Å². The summed E-state index contributed by atoms with van der Waals surface area (Å²) >= 11 is 0. The van der Waals surface area contributed by atoms with Crippen molar-refractivity contribution in [3.05, 3.63) is 59.4 Å². The standard InChI is InChI=1S/C18H18FNO2/c1-3-22-16-7-4-13(5-8-16)10-14(12-20)17-11-15(19)6-9-18(17)21-2/h4-9,11,14H,3,10H2,1-2H3. The van der Waals surface area contributed by atoms with Gasteiger partial charge >= 0.3 is 0 Å². The second kappa shape index (κ2) is 7.46. The van der Waals surface area contributed by atoms with E-state index in [2.05, 4.69) is 6.07 Å². The van der Waals surface area contributed by atoms with Crippen molar-refractivity contribution >= 4 is 0 Å². The molecule has 0 heterocycles. The second-order valence-electron chi connectivity index (χ2n) is 4.85. The molecule has 0 aliphatic carbocycles. The van der Waals surface area contributed by atoms with Crippen molar-refractivity contribution in [2.45, 2.75) is 19.3 Å². The molecular weight excluding hydrogens is 281 g/mol. The molecule has 4 heteroatoms. The van der Waals surface area contributed by atoms with Gasteiger partial charge in [-0.3, -0.25) is 0 Å². The Morgan fingerprint density at radius 1 is 1.18 bits per heavy atom. The zero-order valence-corrected chi connectivity index (χ0v) is 12.7. The highest BCUT2D eigenvalue weighted by Gasteiger charge is 2.17. The van der Waals surface area contributed by atoms with Gasteiger partial charge in [0.05, 0.1) is 25.7 Å². The van der Waals surface area contributed by atoms with Gasteiger partial charge in [-0.15, -0.1) is 0 Å². The molecule has 3 nitrogen and oxygen atoms in total. The van der Waals surface area contributed by atoms with Gasteiger partial charge in [-0.25, -0.2) is 4.39 Å². The lowest BCUT2D eigenvalue weighted by molar-refractivity contribution is 0.340. The van der Waals surface area contributed by atoms with Gasteiger partial charge in [-0.05, 0) is 49.2 Å². The Kier molecular flexibility index (Phi) is 5.37. The minimum Gasteiger partial charge on any atom is -0.496 e. The van der Waals surface area contributed by atoms with E-state index in [9.17, 15) is 9.65 Å². The van der Waals surface area contributed by atoms with Crippen LogP contribution in [0, 0.1) is 17.1 Å². The van der Waals surface area contributed by atoms with E-state index in [0.29, 0.717) is 24.3 Å². The molecule has 0 N–H and O–H groups in total. The van der Waals surface area contributed by atoms with Crippen molar-refractivity contribution in [1.82, 2.24) is 0 Å². The normalized spacial score (nSPS) is 11.5. The van der Waals surface area contributed by atoms with Crippen LogP contribution >= 0.6 is 0 Å². The van der Waals surface area contributed by atoms with Crippen LogP contribution in [-0.2, 0) is 6.42 Å². The predicted molar refractivity (Wildman–Crippen MR) is 82.6 cm³/mol. The zero-order chi connectivity index (χ0) is 15.9. The van der Waals surface area contributed by atoms with Gasteiger partial charge in [0.2, 0.25) is 0 Å². The third-order valence-electron chi connectivity index (χ3n) is 3.40. The molecule has 114 valence electrons. The van der Waals surface area contributed by atoms with Gasteiger partial charge in [0.25, 0.3) is 0 Å². The summed E-state index contributed by atoms with van der Waals surface area (Å²) in [4.78, 5) is 0. The van der Waals surface area contributed by atoms with E-state index in [1.807, 2.05) is 31.2 Å². The predicted octanol–water partition coefficient (Wildman–Crippen LogP) is 4.08. The molecule has 1 unspecified atom stereocenters. The lowest BCUT2D eigenvalue weighted by atomic mass is 9.92. The molecule has 0 radical (unpaired) electrons. The van der Waals surface area contributed by atoms with Crippen LogP contribution in [-0.4, -0.2) is 13.7 Å². The first kappa shape index (κ1) is 15.8. The maximum atomic E-state index is 13.5. The molecule has 0 bridgehead atoms. The molecule has 2 aromatic rings. The van der Waals surface area contributed by atoms with Gasteiger partial charge in [0, 0.05) is 5.56 Å². The van der Waals surface area contributed by atoms with Crippen LogP contribution < -0.4 is 9.47 Å². The number of ether oxygens (including phenoxy) is 2. The third kappa shape index (κ3) is 3.76. The molecule has 0 aliphatic rings. The average Bonchev–Trinajstić information content (AvgIpc) is 2.54. The van der Waals surface area contributed by atoms with E-state index in [0.717, 1.165) is 11.3 Å². The maximum absolute atomic E-state index is 13.5. The van der Waals surface area contributed by atoms with Crippen LogP contribution in [0.5, 0.6) is 11.5 Å². The number of halogens is 1. The van der Waals surface area contributed by atoms with Crippen LogP contribution in [0.3, 0.4) is 0 Å². The average molecular weight is 299 g/mol. The van der Waals surface area contributed by atoms with Crippen LogP contribution in [0.25, 0.3) is 0 Å². The molecule has 0 amide bonds. The monoisotopic (exact) mass is 299 g/mol.